The highest BCUT2D eigenvalue weighted by Crippen LogP contribution is 2.17. The molecular weight excluding hydrogens is 152 g/mol. The quantitative estimate of drug-likeness (QED) is 0.644. The van der Waals surface area contributed by atoms with Crippen LogP contribution in [0, 0.1) is 12.8 Å². The van der Waals surface area contributed by atoms with Crippen LogP contribution < -0.4 is 0 Å². The average molecular weight is 171 g/mol. The van der Waals surface area contributed by atoms with Crippen molar-refractivity contribution in [3.8, 4) is 0 Å². The van der Waals surface area contributed by atoms with Crippen LogP contribution in [-0.4, -0.2) is 25.9 Å². The molecule has 0 saturated carbocycles. The Morgan fingerprint density at radius 3 is 2.92 bits per heavy atom. The first kappa shape index (κ1) is 10.0. The average Bonchev–Trinajstić information content (AvgIpc) is 2.15. The first-order valence-corrected chi connectivity index (χ1v) is 4.87. The van der Waals surface area contributed by atoms with E-state index in [0.717, 1.165) is 26.2 Å². The Bertz CT molecular complexity index is 108. The monoisotopic (exact) mass is 171 g/mol. The van der Waals surface area contributed by atoms with Crippen molar-refractivity contribution in [2.45, 2.75) is 32.3 Å². The lowest BCUT2D eigenvalue weighted by atomic mass is 9.98. The number of hydrogen-bond donors (Lipinski definition) is 0. The van der Waals surface area contributed by atoms with Gasteiger partial charge in [-0.1, -0.05) is 19.8 Å². The standard InChI is InChI=1S/C10H19O2/c1-3-4-5-9(2)10-8-11-6-7-12-10/h9-10H,2-8H2,1H3. The van der Waals surface area contributed by atoms with E-state index in [1.807, 2.05) is 0 Å². The second-order valence-corrected chi connectivity index (χ2v) is 3.39. The molecule has 12 heavy (non-hydrogen) atoms. The molecule has 1 aliphatic rings. The fraction of sp³-hybridized carbons (Fsp3) is 0.900. The van der Waals surface area contributed by atoms with E-state index in [-0.39, 0.29) is 6.10 Å². The maximum Gasteiger partial charge on any atom is 0.0837 e. The molecule has 2 nitrogen and oxygen atoms in total. The van der Waals surface area contributed by atoms with Gasteiger partial charge in [-0.15, -0.1) is 0 Å². The summed E-state index contributed by atoms with van der Waals surface area (Å²) in [6.07, 6.45) is 3.88. The molecule has 0 N–H and O–H groups in total. The van der Waals surface area contributed by atoms with Crippen molar-refractivity contribution in [1.29, 1.82) is 0 Å². The van der Waals surface area contributed by atoms with Crippen molar-refractivity contribution < 1.29 is 9.47 Å². The predicted octanol–water partition coefficient (Wildman–Crippen LogP) is 2.04. The summed E-state index contributed by atoms with van der Waals surface area (Å²) < 4.78 is 10.9. The lowest BCUT2D eigenvalue weighted by molar-refractivity contribution is -0.105. The summed E-state index contributed by atoms with van der Waals surface area (Å²) >= 11 is 0. The van der Waals surface area contributed by atoms with E-state index >= 15 is 0 Å². The van der Waals surface area contributed by atoms with E-state index in [4.69, 9.17) is 9.47 Å². The molecule has 0 aromatic heterocycles. The van der Waals surface area contributed by atoms with E-state index in [2.05, 4.69) is 13.8 Å². The second kappa shape index (κ2) is 5.55. The van der Waals surface area contributed by atoms with Crippen LogP contribution in [0.2, 0.25) is 0 Å². The largest absolute Gasteiger partial charge is 0.376 e. The fourth-order valence-corrected chi connectivity index (χ4v) is 1.43. The van der Waals surface area contributed by atoms with Gasteiger partial charge in [0, 0.05) is 0 Å². The Balaban J connectivity index is 2.15. The van der Waals surface area contributed by atoms with Crippen molar-refractivity contribution in [3.05, 3.63) is 6.92 Å². The van der Waals surface area contributed by atoms with Crippen LogP contribution >= 0.6 is 0 Å². The third kappa shape index (κ3) is 3.11. The molecule has 1 heterocycles. The van der Waals surface area contributed by atoms with E-state index in [0.29, 0.717) is 5.92 Å². The maximum absolute atomic E-state index is 5.55. The minimum absolute atomic E-state index is 0.241. The molecule has 0 bridgehead atoms. The van der Waals surface area contributed by atoms with Crippen molar-refractivity contribution in [2.24, 2.45) is 5.92 Å². The molecular formula is C10H19O2. The molecule has 2 unspecified atom stereocenters. The molecule has 2 atom stereocenters. The van der Waals surface area contributed by atoms with E-state index in [1.54, 1.807) is 0 Å². The minimum atomic E-state index is 0.241. The molecule has 0 aliphatic carbocycles. The summed E-state index contributed by atoms with van der Waals surface area (Å²) in [6, 6.07) is 0. The van der Waals surface area contributed by atoms with E-state index in [9.17, 15) is 0 Å². The molecule has 1 radical (unpaired) electrons. The van der Waals surface area contributed by atoms with Gasteiger partial charge in [-0.2, -0.15) is 0 Å². The molecule has 0 amide bonds. The zero-order valence-electron chi connectivity index (χ0n) is 7.92. The highest BCUT2D eigenvalue weighted by Gasteiger charge is 2.20. The topological polar surface area (TPSA) is 18.5 Å². The normalized spacial score (nSPS) is 27.0. The Morgan fingerprint density at radius 2 is 2.33 bits per heavy atom. The highest BCUT2D eigenvalue weighted by atomic mass is 16.6. The maximum atomic E-state index is 5.55. The smallest absolute Gasteiger partial charge is 0.0837 e. The van der Waals surface area contributed by atoms with Gasteiger partial charge in [-0.05, 0) is 19.3 Å². The van der Waals surface area contributed by atoms with Gasteiger partial charge in [0.1, 0.15) is 0 Å². The van der Waals surface area contributed by atoms with Crippen molar-refractivity contribution in [2.75, 3.05) is 19.8 Å². The van der Waals surface area contributed by atoms with E-state index < -0.39 is 0 Å². The van der Waals surface area contributed by atoms with Crippen LogP contribution in [0.3, 0.4) is 0 Å². The Kier molecular flexibility index (Phi) is 4.62. The molecule has 1 aliphatic heterocycles. The lowest BCUT2D eigenvalue weighted by Crippen LogP contribution is -2.33. The fourth-order valence-electron chi connectivity index (χ4n) is 1.43. The summed E-state index contributed by atoms with van der Waals surface area (Å²) in [5, 5.41) is 0. The highest BCUT2D eigenvalue weighted by molar-refractivity contribution is 4.73. The van der Waals surface area contributed by atoms with Crippen LogP contribution in [0.25, 0.3) is 0 Å². The van der Waals surface area contributed by atoms with Crippen molar-refractivity contribution in [3.63, 3.8) is 0 Å². The van der Waals surface area contributed by atoms with Crippen LogP contribution in [0.15, 0.2) is 0 Å². The number of rotatable bonds is 4. The van der Waals surface area contributed by atoms with Gasteiger partial charge in [0.2, 0.25) is 0 Å². The SMILES string of the molecule is [CH2]C(CCCC)C1COCCO1. The minimum Gasteiger partial charge on any atom is -0.376 e. The Labute approximate surface area is 75.2 Å². The zero-order chi connectivity index (χ0) is 8.81. The first-order valence-electron chi connectivity index (χ1n) is 4.87. The third-order valence-corrected chi connectivity index (χ3v) is 2.30. The summed E-state index contributed by atoms with van der Waals surface area (Å²) in [5.74, 6) is 0.408. The summed E-state index contributed by atoms with van der Waals surface area (Å²) in [7, 11) is 0. The van der Waals surface area contributed by atoms with Crippen LogP contribution in [0.5, 0.6) is 0 Å². The molecule has 1 rings (SSSR count). The molecule has 1 saturated heterocycles. The molecule has 71 valence electrons. The number of hydrogen-bond acceptors (Lipinski definition) is 2. The summed E-state index contributed by atoms with van der Waals surface area (Å²) in [4.78, 5) is 0. The van der Waals surface area contributed by atoms with Crippen LogP contribution in [-0.2, 0) is 9.47 Å². The van der Waals surface area contributed by atoms with Gasteiger partial charge < -0.3 is 9.47 Å². The molecule has 0 spiro atoms. The van der Waals surface area contributed by atoms with Gasteiger partial charge in [0.05, 0.1) is 25.9 Å². The van der Waals surface area contributed by atoms with Gasteiger partial charge in [0.15, 0.2) is 0 Å². The van der Waals surface area contributed by atoms with Crippen LogP contribution in [0.4, 0.5) is 0 Å². The molecule has 0 aromatic carbocycles. The predicted molar refractivity (Wildman–Crippen MR) is 48.9 cm³/mol. The van der Waals surface area contributed by atoms with Gasteiger partial charge in [-0.3, -0.25) is 0 Å². The molecule has 1 fully saturated rings. The van der Waals surface area contributed by atoms with Gasteiger partial charge in [-0.25, -0.2) is 0 Å². The van der Waals surface area contributed by atoms with Gasteiger partial charge in [0.25, 0.3) is 0 Å². The second-order valence-electron chi connectivity index (χ2n) is 3.39. The molecule has 0 aromatic rings. The lowest BCUT2D eigenvalue weighted by Gasteiger charge is -2.27. The van der Waals surface area contributed by atoms with Crippen molar-refractivity contribution >= 4 is 0 Å². The number of unbranched alkanes of at least 4 members (excludes halogenated alkanes) is 1. The molecule has 2 heteroatoms. The summed E-state index contributed by atoms with van der Waals surface area (Å²) in [6.45, 7) is 8.51. The summed E-state index contributed by atoms with van der Waals surface area (Å²) in [5.41, 5.74) is 0. The van der Waals surface area contributed by atoms with Gasteiger partial charge >= 0.3 is 0 Å². The third-order valence-electron chi connectivity index (χ3n) is 2.30. The number of ether oxygens (including phenoxy) is 2. The Morgan fingerprint density at radius 1 is 1.50 bits per heavy atom. The van der Waals surface area contributed by atoms with Crippen molar-refractivity contribution in [1.82, 2.24) is 0 Å². The van der Waals surface area contributed by atoms with E-state index in [1.165, 1.54) is 12.8 Å². The first-order chi connectivity index (χ1) is 5.84. The zero-order valence-corrected chi connectivity index (χ0v) is 7.92. The van der Waals surface area contributed by atoms with Crippen LogP contribution in [0.1, 0.15) is 26.2 Å². The Hall–Kier alpha value is -0.0800.